The first-order valence-corrected chi connectivity index (χ1v) is 6.84. The number of carbonyl (C=O) groups is 2. The van der Waals surface area contributed by atoms with Gasteiger partial charge in [-0.05, 0) is 13.3 Å². The molecule has 1 heterocycles. The van der Waals surface area contributed by atoms with E-state index in [4.69, 9.17) is 10.5 Å². The second-order valence-corrected chi connectivity index (χ2v) is 4.94. The number of nitrogens with two attached hydrogens (primary N) is 1. The number of primary amides is 1. The fourth-order valence-electron chi connectivity index (χ4n) is 2.16. The molecule has 0 radical (unpaired) electrons. The van der Waals surface area contributed by atoms with Gasteiger partial charge in [0.15, 0.2) is 0 Å². The molecular weight excluding hydrogens is 246 g/mol. The molecule has 2 amide bonds. The summed E-state index contributed by atoms with van der Waals surface area (Å²) in [4.78, 5) is 22.2. The van der Waals surface area contributed by atoms with Gasteiger partial charge < -0.3 is 10.5 Å². The number of hydrogen-bond acceptors (Lipinski definition) is 4. The molecule has 1 saturated heterocycles. The molecule has 0 spiro atoms. The van der Waals surface area contributed by atoms with Crippen molar-refractivity contribution in [3.8, 4) is 0 Å². The molecule has 1 aliphatic rings. The predicted molar refractivity (Wildman–Crippen MR) is 72.6 cm³/mol. The number of urea groups is 1. The number of ether oxygens (including phenoxy) is 1. The van der Waals surface area contributed by atoms with Crippen LogP contribution in [0.5, 0.6) is 0 Å². The van der Waals surface area contributed by atoms with E-state index in [1.807, 2.05) is 0 Å². The molecule has 0 aromatic carbocycles. The maximum atomic E-state index is 11.7. The van der Waals surface area contributed by atoms with E-state index in [2.05, 4.69) is 17.5 Å². The molecule has 1 fully saturated rings. The third-order valence-corrected chi connectivity index (χ3v) is 3.30. The Bertz CT molecular complexity index is 355. The quantitative estimate of drug-likeness (QED) is 0.320. The van der Waals surface area contributed by atoms with Crippen LogP contribution in [0.2, 0.25) is 0 Å². The van der Waals surface area contributed by atoms with Crippen molar-refractivity contribution in [3.05, 3.63) is 0 Å². The van der Waals surface area contributed by atoms with Gasteiger partial charge in [-0.25, -0.2) is 10.2 Å². The summed E-state index contributed by atoms with van der Waals surface area (Å²) in [7, 11) is 0. The number of carbonyl (C=O) groups excluding carboxylic acids is 2. The summed E-state index contributed by atoms with van der Waals surface area (Å²) in [5, 5.41) is 3.80. The number of nitrogens with zero attached hydrogens (tertiary/aromatic N) is 1. The van der Waals surface area contributed by atoms with Crippen molar-refractivity contribution >= 4 is 17.7 Å². The zero-order valence-electron chi connectivity index (χ0n) is 11.6. The van der Waals surface area contributed by atoms with E-state index in [0.29, 0.717) is 12.1 Å². The molecule has 6 heteroatoms. The summed E-state index contributed by atoms with van der Waals surface area (Å²) in [6.07, 6.45) is 5.76. The Kier molecular flexibility index (Phi) is 6.32. The highest BCUT2D eigenvalue weighted by atomic mass is 16.6. The van der Waals surface area contributed by atoms with Gasteiger partial charge in [-0.15, -0.1) is 0 Å². The second kappa shape index (κ2) is 7.76. The first kappa shape index (κ1) is 15.5. The van der Waals surface area contributed by atoms with E-state index in [1.54, 1.807) is 6.92 Å². The van der Waals surface area contributed by atoms with Gasteiger partial charge in [-0.2, -0.15) is 5.10 Å². The van der Waals surface area contributed by atoms with Crippen LogP contribution in [0.1, 0.15) is 52.4 Å². The van der Waals surface area contributed by atoms with Crippen LogP contribution in [-0.2, 0) is 9.53 Å². The molecule has 2 unspecified atom stereocenters. The lowest BCUT2D eigenvalue weighted by atomic mass is 9.96. The summed E-state index contributed by atoms with van der Waals surface area (Å²) >= 11 is 0. The largest absolute Gasteiger partial charge is 0.456 e. The minimum atomic E-state index is -0.722. The van der Waals surface area contributed by atoms with Crippen molar-refractivity contribution in [3.63, 3.8) is 0 Å². The van der Waals surface area contributed by atoms with E-state index < -0.39 is 6.03 Å². The zero-order valence-corrected chi connectivity index (χ0v) is 11.6. The summed E-state index contributed by atoms with van der Waals surface area (Å²) in [6.45, 7) is 3.87. The number of cyclic esters (lactones) is 1. The Morgan fingerprint density at radius 1 is 1.47 bits per heavy atom. The molecule has 1 rings (SSSR count). The van der Waals surface area contributed by atoms with Crippen LogP contribution in [-0.4, -0.2) is 23.8 Å². The monoisotopic (exact) mass is 269 g/mol. The summed E-state index contributed by atoms with van der Waals surface area (Å²) in [5.74, 6) is -0.198. The van der Waals surface area contributed by atoms with Gasteiger partial charge in [0, 0.05) is 6.42 Å². The first-order chi connectivity index (χ1) is 9.04. The normalized spacial score (nSPS) is 23.3. The molecular formula is C13H23N3O3. The maximum Gasteiger partial charge on any atom is 0.332 e. The van der Waals surface area contributed by atoms with Gasteiger partial charge >= 0.3 is 12.0 Å². The summed E-state index contributed by atoms with van der Waals surface area (Å²) in [5.41, 5.74) is 7.64. The van der Waals surface area contributed by atoms with Crippen molar-refractivity contribution in [2.24, 2.45) is 16.8 Å². The fraction of sp³-hybridized carbons (Fsp3) is 0.769. The maximum absolute atomic E-state index is 11.7. The molecule has 0 aromatic heterocycles. The predicted octanol–water partition coefficient (Wildman–Crippen LogP) is 1.93. The number of hydrogen-bond donors (Lipinski definition) is 2. The molecule has 19 heavy (non-hydrogen) atoms. The van der Waals surface area contributed by atoms with Gasteiger partial charge in [-0.1, -0.05) is 32.6 Å². The first-order valence-electron chi connectivity index (χ1n) is 6.84. The van der Waals surface area contributed by atoms with Gasteiger partial charge in [0.1, 0.15) is 6.10 Å². The zero-order chi connectivity index (χ0) is 14.3. The van der Waals surface area contributed by atoms with Crippen LogP contribution in [0.15, 0.2) is 5.10 Å². The highest BCUT2D eigenvalue weighted by Crippen LogP contribution is 2.27. The Morgan fingerprint density at radius 2 is 2.21 bits per heavy atom. The van der Waals surface area contributed by atoms with Gasteiger partial charge in [0.2, 0.25) is 0 Å². The molecule has 3 N–H and O–H groups in total. The smallest absolute Gasteiger partial charge is 0.332 e. The lowest BCUT2D eigenvalue weighted by molar-refractivity contribution is -0.142. The van der Waals surface area contributed by atoms with E-state index in [0.717, 1.165) is 19.3 Å². The molecule has 2 atom stereocenters. The fourth-order valence-corrected chi connectivity index (χ4v) is 2.16. The van der Waals surface area contributed by atoms with E-state index >= 15 is 0 Å². The SMILES string of the molecule is CCCCCCC1CC(/C(C)=N/NC(N)=O)OC1=O. The van der Waals surface area contributed by atoms with Gasteiger partial charge in [0.25, 0.3) is 0 Å². The van der Waals surface area contributed by atoms with Crippen molar-refractivity contribution in [1.29, 1.82) is 0 Å². The number of hydrazone groups is 1. The average Bonchev–Trinajstić information content (AvgIpc) is 2.73. The van der Waals surface area contributed by atoms with E-state index in [-0.39, 0.29) is 18.0 Å². The van der Waals surface area contributed by atoms with Crippen molar-refractivity contribution in [1.82, 2.24) is 5.43 Å². The second-order valence-electron chi connectivity index (χ2n) is 4.94. The Balaban J connectivity index is 2.39. The number of rotatable bonds is 7. The molecule has 108 valence electrons. The molecule has 0 aromatic rings. The Labute approximate surface area is 113 Å². The summed E-state index contributed by atoms with van der Waals surface area (Å²) < 4.78 is 5.26. The highest BCUT2D eigenvalue weighted by molar-refractivity contribution is 5.91. The van der Waals surface area contributed by atoms with Crippen LogP contribution in [0.3, 0.4) is 0 Å². The Hall–Kier alpha value is -1.59. The minimum Gasteiger partial charge on any atom is -0.456 e. The van der Waals surface area contributed by atoms with Gasteiger partial charge in [-0.3, -0.25) is 4.79 Å². The standard InChI is InChI=1S/C13H23N3O3/c1-3-4-5-6-7-10-8-11(19-12(10)17)9(2)15-16-13(14)18/h10-11H,3-8H2,1-2H3,(H3,14,16,18)/b15-9+. The van der Waals surface area contributed by atoms with Gasteiger partial charge in [0.05, 0.1) is 11.6 Å². The third-order valence-electron chi connectivity index (χ3n) is 3.30. The van der Waals surface area contributed by atoms with Crippen molar-refractivity contribution in [2.75, 3.05) is 0 Å². The lowest BCUT2D eigenvalue weighted by Crippen LogP contribution is -2.28. The highest BCUT2D eigenvalue weighted by Gasteiger charge is 2.35. The molecule has 1 aliphatic heterocycles. The van der Waals surface area contributed by atoms with Crippen LogP contribution in [0, 0.1) is 5.92 Å². The Morgan fingerprint density at radius 3 is 2.84 bits per heavy atom. The average molecular weight is 269 g/mol. The molecule has 0 bridgehead atoms. The van der Waals surface area contributed by atoms with E-state index in [9.17, 15) is 9.59 Å². The van der Waals surface area contributed by atoms with E-state index in [1.165, 1.54) is 12.8 Å². The molecule has 6 nitrogen and oxygen atoms in total. The van der Waals surface area contributed by atoms with Crippen molar-refractivity contribution in [2.45, 2.75) is 58.5 Å². The molecule has 0 aliphatic carbocycles. The van der Waals surface area contributed by atoms with Crippen LogP contribution in [0.25, 0.3) is 0 Å². The van der Waals surface area contributed by atoms with Crippen LogP contribution in [0.4, 0.5) is 4.79 Å². The number of nitrogens with one attached hydrogen (secondary N) is 1. The van der Waals surface area contributed by atoms with Crippen LogP contribution >= 0.6 is 0 Å². The number of unbranched alkanes of at least 4 members (excludes halogenated alkanes) is 3. The van der Waals surface area contributed by atoms with Crippen molar-refractivity contribution < 1.29 is 14.3 Å². The van der Waals surface area contributed by atoms with Crippen LogP contribution < -0.4 is 11.2 Å². The molecule has 0 saturated carbocycles. The topological polar surface area (TPSA) is 93.8 Å². The third kappa shape index (κ3) is 5.28. The lowest BCUT2D eigenvalue weighted by Gasteiger charge is -2.07. The summed E-state index contributed by atoms with van der Waals surface area (Å²) in [6, 6.07) is -0.722. The number of amides is 2. The minimum absolute atomic E-state index is 0.0411. The number of esters is 1.